The first-order valence-corrected chi connectivity index (χ1v) is 7.51. The molecule has 0 radical (unpaired) electrons. The van der Waals surface area contributed by atoms with Gasteiger partial charge in [-0.15, -0.1) is 0 Å². The van der Waals surface area contributed by atoms with Crippen LogP contribution in [0, 0.1) is 5.41 Å². The van der Waals surface area contributed by atoms with Crippen LogP contribution < -0.4 is 0 Å². The van der Waals surface area contributed by atoms with E-state index in [0.29, 0.717) is 0 Å². The lowest BCUT2D eigenvalue weighted by molar-refractivity contribution is 0.561. The molecule has 5 aliphatic rings. The lowest BCUT2D eigenvalue weighted by Crippen LogP contribution is -2.28. The molecule has 0 heteroatoms. The van der Waals surface area contributed by atoms with Crippen LogP contribution in [-0.2, 0) is 0 Å². The van der Waals surface area contributed by atoms with Crippen LogP contribution in [0.5, 0.6) is 0 Å². The third-order valence-electron chi connectivity index (χ3n) is 5.21. The molecule has 1 unspecified atom stereocenters. The Bertz CT molecular complexity index is 769. The molecule has 0 amide bonds. The van der Waals surface area contributed by atoms with Crippen molar-refractivity contribution < 1.29 is 0 Å². The van der Waals surface area contributed by atoms with Gasteiger partial charge in [0.05, 0.1) is 0 Å². The van der Waals surface area contributed by atoms with Crippen molar-refractivity contribution in [3.05, 3.63) is 94.2 Å². The molecule has 0 nitrogen and oxygen atoms in total. The highest BCUT2D eigenvalue weighted by molar-refractivity contribution is 5.79. The molecule has 0 aliphatic heterocycles. The monoisotopic (exact) mass is 256 g/mol. The van der Waals surface area contributed by atoms with Crippen LogP contribution in [0.25, 0.3) is 0 Å². The molecule has 0 saturated heterocycles. The smallest absolute Gasteiger partial charge is 0.0431 e. The molecule has 0 aromatic heterocycles. The van der Waals surface area contributed by atoms with Crippen molar-refractivity contribution in [1.29, 1.82) is 0 Å². The summed E-state index contributed by atoms with van der Waals surface area (Å²) in [6.45, 7) is 0. The van der Waals surface area contributed by atoms with E-state index < -0.39 is 0 Å². The maximum absolute atomic E-state index is 2.41. The number of fused-ring (bicyclic) bond motifs is 2. The standard InChI is InChI=1S/C20H16/c1-2-8-16-15(7-1)17-9-5-13-20-12-4-3-6-14(20)10-11-18(16)19(17)20/h1,3-7,9-11,13H,2,8,12H2. The predicted octanol–water partition coefficient (Wildman–Crippen LogP) is 4.88. The zero-order valence-corrected chi connectivity index (χ0v) is 11.4. The van der Waals surface area contributed by atoms with E-state index in [-0.39, 0.29) is 5.41 Å². The Kier molecular flexibility index (Phi) is 1.88. The van der Waals surface area contributed by atoms with Crippen molar-refractivity contribution >= 4 is 0 Å². The minimum Gasteiger partial charge on any atom is -0.0836 e. The topological polar surface area (TPSA) is 0 Å². The Morgan fingerprint density at radius 1 is 0.900 bits per heavy atom. The normalized spacial score (nSPS) is 32.0. The van der Waals surface area contributed by atoms with Crippen LogP contribution in [0.3, 0.4) is 0 Å². The van der Waals surface area contributed by atoms with Gasteiger partial charge in [0.25, 0.3) is 0 Å². The van der Waals surface area contributed by atoms with Gasteiger partial charge in [0.2, 0.25) is 0 Å². The number of hydrogen-bond acceptors (Lipinski definition) is 0. The van der Waals surface area contributed by atoms with Gasteiger partial charge < -0.3 is 0 Å². The van der Waals surface area contributed by atoms with E-state index in [4.69, 9.17) is 0 Å². The number of hydrogen-bond donors (Lipinski definition) is 0. The van der Waals surface area contributed by atoms with Crippen LogP contribution in [0.1, 0.15) is 19.3 Å². The van der Waals surface area contributed by atoms with E-state index in [0.717, 1.165) is 6.42 Å². The fourth-order valence-electron chi connectivity index (χ4n) is 4.34. The van der Waals surface area contributed by atoms with E-state index in [1.165, 1.54) is 35.1 Å². The molecule has 5 rings (SSSR count). The molecule has 0 aromatic rings. The lowest BCUT2D eigenvalue weighted by Gasteiger charge is -2.40. The Morgan fingerprint density at radius 2 is 1.90 bits per heavy atom. The third kappa shape index (κ3) is 1.09. The molecule has 0 aromatic carbocycles. The Morgan fingerprint density at radius 3 is 2.90 bits per heavy atom. The van der Waals surface area contributed by atoms with Gasteiger partial charge in [-0.05, 0) is 52.7 Å². The Hall–Kier alpha value is -2.08. The molecule has 0 heterocycles. The van der Waals surface area contributed by atoms with Crippen molar-refractivity contribution in [2.75, 3.05) is 0 Å². The van der Waals surface area contributed by atoms with Gasteiger partial charge in [0, 0.05) is 5.41 Å². The highest BCUT2D eigenvalue weighted by Crippen LogP contribution is 2.58. The summed E-state index contributed by atoms with van der Waals surface area (Å²) in [4.78, 5) is 0. The quantitative estimate of drug-likeness (QED) is 0.579. The van der Waals surface area contributed by atoms with Gasteiger partial charge in [-0.25, -0.2) is 0 Å². The van der Waals surface area contributed by atoms with Crippen molar-refractivity contribution in [2.45, 2.75) is 19.3 Å². The minimum atomic E-state index is 0.105. The van der Waals surface area contributed by atoms with Gasteiger partial charge in [0.1, 0.15) is 0 Å². The van der Waals surface area contributed by atoms with Gasteiger partial charge in [-0.2, -0.15) is 0 Å². The fourth-order valence-corrected chi connectivity index (χ4v) is 4.34. The summed E-state index contributed by atoms with van der Waals surface area (Å²) in [5.74, 6) is 0. The summed E-state index contributed by atoms with van der Waals surface area (Å²) in [6.07, 6.45) is 26.6. The molecule has 96 valence electrons. The summed E-state index contributed by atoms with van der Waals surface area (Å²) in [7, 11) is 0. The van der Waals surface area contributed by atoms with Gasteiger partial charge in [-0.3, -0.25) is 0 Å². The molecule has 0 fully saturated rings. The maximum Gasteiger partial charge on any atom is 0.0431 e. The van der Waals surface area contributed by atoms with E-state index in [1.807, 2.05) is 0 Å². The molecular formula is C20H16. The first kappa shape index (κ1) is 10.7. The van der Waals surface area contributed by atoms with Crippen LogP contribution in [0.2, 0.25) is 0 Å². The predicted molar refractivity (Wildman–Crippen MR) is 83.1 cm³/mol. The fraction of sp³-hybridized carbons (Fsp3) is 0.200. The minimum absolute atomic E-state index is 0.105. The third-order valence-corrected chi connectivity index (χ3v) is 5.21. The van der Waals surface area contributed by atoms with Crippen LogP contribution >= 0.6 is 0 Å². The second-order valence-electron chi connectivity index (χ2n) is 6.12. The van der Waals surface area contributed by atoms with E-state index >= 15 is 0 Å². The van der Waals surface area contributed by atoms with Crippen molar-refractivity contribution in [3.63, 3.8) is 0 Å². The molecular weight excluding hydrogens is 240 g/mol. The molecule has 0 saturated carbocycles. The van der Waals surface area contributed by atoms with E-state index in [9.17, 15) is 0 Å². The molecule has 20 heavy (non-hydrogen) atoms. The van der Waals surface area contributed by atoms with Crippen LogP contribution in [0.15, 0.2) is 94.2 Å². The van der Waals surface area contributed by atoms with Crippen molar-refractivity contribution in [1.82, 2.24) is 0 Å². The Balaban J connectivity index is 1.82. The van der Waals surface area contributed by atoms with Gasteiger partial charge in [-0.1, -0.05) is 60.8 Å². The summed E-state index contributed by atoms with van der Waals surface area (Å²) in [5, 5.41) is 0. The largest absolute Gasteiger partial charge is 0.0836 e. The SMILES string of the molecule is C1=CCC23C=CC=C4C5=C(CCC=C5)C(=C42)C=CC3=C1. The van der Waals surface area contributed by atoms with Crippen LogP contribution in [0.4, 0.5) is 0 Å². The molecule has 5 aliphatic carbocycles. The second kappa shape index (κ2) is 3.52. The average Bonchev–Trinajstić information content (AvgIpc) is 2.84. The highest BCUT2D eigenvalue weighted by atomic mass is 14.5. The number of rotatable bonds is 0. The summed E-state index contributed by atoms with van der Waals surface area (Å²) >= 11 is 0. The molecule has 1 atom stereocenters. The molecule has 0 bridgehead atoms. The van der Waals surface area contributed by atoms with Crippen LogP contribution in [-0.4, -0.2) is 0 Å². The van der Waals surface area contributed by atoms with Gasteiger partial charge >= 0.3 is 0 Å². The highest BCUT2D eigenvalue weighted by Gasteiger charge is 2.45. The summed E-state index contributed by atoms with van der Waals surface area (Å²) in [6, 6.07) is 0. The zero-order chi connectivity index (χ0) is 13.2. The molecule has 0 N–H and O–H groups in total. The van der Waals surface area contributed by atoms with E-state index in [1.54, 1.807) is 11.1 Å². The Labute approximate surface area is 119 Å². The zero-order valence-electron chi connectivity index (χ0n) is 11.4. The lowest BCUT2D eigenvalue weighted by atomic mass is 9.62. The summed E-state index contributed by atoms with van der Waals surface area (Å²) < 4.78 is 0. The van der Waals surface area contributed by atoms with E-state index in [2.05, 4.69) is 60.8 Å². The first-order chi connectivity index (χ1) is 9.90. The van der Waals surface area contributed by atoms with Gasteiger partial charge in [0.15, 0.2) is 0 Å². The van der Waals surface area contributed by atoms with Crippen molar-refractivity contribution in [2.24, 2.45) is 5.41 Å². The van der Waals surface area contributed by atoms with Crippen molar-refractivity contribution in [3.8, 4) is 0 Å². The number of allylic oxidation sites excluding steroid dienone is 16. The second-order valence-corrected chi connectivity index (χ2v) is 6.12. The molecule has 1 spiro atoms. The summed E-state index contributed by atoms with van der Waals surface area (Å²) in [5.41, 5.74) is 9.14. The maximum atomic E-state index is 2.41. The first-order valence-electron chi connectivity index (χ1n) is 7.51. The average molecular weight is 256 g/mol.